The number of nitriles is 4. The van der Waals surface area contributed by atoms with Crippen LogP contribution in [0, 0.1) is 45.3 Å². The van der Waals surface area contributed by atoms with E-state index in [-0.39, 0.29) is 17.1 Å². The van der Waals surface area contributed by atoms with Crippen LogP contribution < -0.4 is 0 Å². The quantitative estimate of drug-likeness (QED) is 0.286. The summed E-state index contributed by atoms with van der Waals surface area (Å²) in [5.41, 5.74) is -24.8. The average Bonchev–Trinajstić information content (AvgIpc) is 2.66. The Morgan fingerprint density at radius 1 is 0.395 bits per heavy atom. The van der Waals surface area contributed by atoms with Crippen LogP contribution in [0.25, 0.3) is 8.25 Å². The third-order valence-corrected chi connectivity index (χ3v) is 7.04. The molecule has 0 aromatic rings. The molecule has 0 aromatic carbocycles. The molecular formula is C12H12CuF12N6O8S4. The summed E-state index contributed by atoms with van der Waals surface area (Å²) in [5, 5.41) is 29.3. The van der Waals surface area contributed by atoms with Gasteiger partial charge >= 0.3 is 39.1 Å². The minimum absolute atomic E-state index is 0. The fraction of sp³-hybridized carbons (Fsp3) is 0.667. The fourth-order valence-electron chi connectivity index (χ4n) is 0.427. The maximum Gasteiger partial charge on any atom is 2.00 e. The molecule has 0 bridgehead atoms. The summed E-state index contributed by atoms with van der Waals surface area (Å²) < 4.78 is 218. The van der Waals surface area contributed by atoms with E-state index in [2.05, 4.69) is 0 Å². The van der Waals surface area contributed by atoms with Gasteiger partial charge in [0.15, 0.2) is 40.1 Å². The molecule has 0 aromatic heterocycles. The van der Waals surface area contributed by atoms with Crippen molar-refractivity contribution in [3.8, 4) is 24.3 Å². The van der Waals surface area contributed by atoms with Gasteiger partial charge in [-0.15, -0.1) is 0 Å². The molecule has 1 radical (unpaired) electrons. The van der Waals surface area contributed by atoms with Crippen LogP contribution in [-0.4, -0.2) is 55.7 Å². The molecule has 257 valence electrons. The second-order valence-corrected chi connectivity index (χ2v) is 11.6. The fourth-order valence-corrected chi connectivity index (χ4v) is 3.85. The SMILES string of the molecule is CC#N.CC#N.CC#N.CC#N.O=S(=O)([N-]S(=O)(=O)C(F)(F)F)C(F)(F)F.O=S(=O)([N-]S(=O)(=O)C(F)(F)F)C(F)(F)F.[Cu+2]. The Hall–Kier alpha value is -2.64. The summed E-state index contributed by atoms with van der Waals surface area (Å²) >= 11 is 0. The Morgan fingerprint density at radius 3 is 0.512 bits per heavy atom. The van der Waals surface area contributed by atoms with Crippen LogP contribution in [-0.2, 0) is 57.2 Å². The normalized spacial score (nSPS) is 11.4. The first-order valence-corrected chi connectivity index (χ1v) is 13.8. The zero-order valence-corrected chi connectivity index (χ0v) is 24.6. The number of rotatable bonds is 4. The Bertz CT molecular complexity index is 1190. The Labute approximate surface area is 246 Å². The van der Waals surface area contributed by atoms with Gasteiger partial charge in [-0.05, 0) is 0 Å². The number of sulfonamides is 4. The first kappa shape index (κ1) is 56.2. The molecule has 0 saturated carbocycles. The van der Waals surface area contributed by atoms with Gasteiger partial charge in [0.25, 0.3) is 0 Å². The van der Waals surface area contributed by atoms with E-state index in [0.29, 0.717) is 0 Å². The van der Waals surface area contributed by atoms with Gasteiger partial charge in [0.2, 0.25) is 0 Å². The van der Waals surface area contributed by atoms with Crippen LogP contribution in [0.4, 0.5) is 52.7 Å². The Kier molecular flexibility index (Phi) is 28.7. The molecule has 14 nitrogen and oxygen atoms in total. The third-order valence-electron chi connectivity index (χ3n) is 1.56. The van der Waals surface area contributed by atoms with E-state index < -0.39 is 62.1 Å². The van der Waals surface area contributed by atoms with Crippen molar-refractivity contribution in [3.05, 3.63) is 8.25 Å². The van der Waals surface area contributed by atoms with Gasteiger partial charge in [-0.1, -0.05) is 0 Å². The minimum Gasteiger partial charge on any atom is -0.421 e. The average molecular weight is 788 g/mol. The zero-order valence-electron chi connectivity index (χ0n) is 20.4. The second kappa shape index (κ2) is 22.0. The Balaban J connectivity index is -0.0000000864. The number of hydrogen-bond acceptors (Lipinski definition) is 12. The first-order valence-electron chi connectivity index (χ1n) is 8.04. The van der Waals surface area contributed by atoms with Gasteiger partial charge in [-0.25, -0.2) is 33.7 Å². The number of halogens is 12. The van der Waals surface area contributed by atoms with Crippen LogP contribution in [0.3, 0.4) is 0 Å². The minimum atomic E-state index is -6.72. The van der Waals surface area contributed by atoms with Crippen LogP contribution in [0.2, 0.25) is 0 Å². The predicted octanol–water partition coefficient (Wildman–Crippen LogP) is 4.24. The van der Waals surface area contributed by atoms with E-state index >= 15 is 0 Å². The molecule has 0 amide bonds. The predicted molar refractivity (Wildman–Crippen MR) is 112 cm³/mol. The van der Waals surface area contributed by atoms with E-state index in [1.54, 1.807) is 24.3 Å². The van der Waals surface area contributed by atoms with Crippen LogP contribution >= 0.6 is 0 Å². The molecule has 0 rings (SSSR count). The molecular weight excluding hydrogens is 776 g/mol. The largest absolute Gasteiger partial charge is 2.00 e. The second-order valence-electron chi connectivity index (χ2n) is 4.73. The summed E-state index contributed by atoms with van der Waals surface area (Å²) in [5.74, 6) is 0. The van der Waals surface area contributed by atoms with Crippen molar-refractivity contribution >= 4 is 40.1 Å². The number of hydrogen-bond donors (Lipinski definition) is 0. The molecule has 0 aliphatic heterocycles. The van der Waals surface area contributed by atoms with Gasteiger partial charge in [0, 0.05) is 27.7 Å². The molecule has 0 aliphatic rings. The van der Waals surface area contributed by atoms with Gasteiger partial charge in [0.1, 0.15) is 0 Å². The third kappa shape index (κ3) is 26.7. The molecule has 0 saturated heterocycles. The molecule has 0 heterocycles. The van der Waals surface area contributed by atoms with Crippen LogP contribution in [0.15, 0.2) is 0 Å². The summed E-state index contributed by atoms with van der Waals surface area (Å²) in [6.45, 7) is 5.72. The molecule has 0 unspecified atom stereocenters. The molecule has 31 heteroatoms. The van der Waals surface area contributed by atoms with Crippen molar-refractivity contribution in [1.29, 1.82) is 21.0 Å². The Morgan fingerprint density at radius 2 is 0.465 bits per heavy atom. The van der Waals surface area contributed by atoms with Gasteiger partial charge in [-0.2, -0.15) is 73.7 Å². The van der Waals surface area contributed by atoms with Crippen molar-refractivity contribution in [2.24, 2.45) is 0 Å². The molecule has 0 spiro atoms. The summed E-state index contributed by atoms with van der Waals surface area (Å²) in [4.78, 5) is 0. The van der Waals surface area contributed by atoms with E-state index in [9.17, 15) is 86.4 Å². The summed E-state index contributed by atoms with van der Waals surface area (Å²) in [6, 6.07) is 7.00. The van der Waals surface area contributed by atoms with E-state index in [1.165, 1.54) is 27.7 Å². The van der Waals surface area contributed by atoms with Crippen molar-refractivity contribution < 1.29 is 103 Å². The number of alkyl halides is 12. The maximum atomic E-state index is 11.4. The monoisotopic (exact) mass is 787 g/mol. The van der Waals surface area contributed by atoms with Crippen molar-refractivity contribution in [2.75, 3.05) is 0 Å². The maximum absolute atomic E-state index is 11.4. The summed E-state index contributed by atoms with van der Waals surface area (Å²) in [6.07, 6.45) is 0. The smallest absolute Gasteiger partial charge is 0.421 e. The van der Waals surface area contributed by atoms with Crippen molar-refractivity contribution in [1.82, 2.24) is 0 Å². The molecule has 0 fully saturated rings. The van der Waals surface area contributed by atoms with Gasteiger partial charge < -0.3 is 8.25 Å². The molecule has 0 N–H and O–H groups in total. The molecule has 0 atom stereocenters. The molecule has 43 heavy (non-hydrogen) atoms. The van der Waals surface area contributed by atoms with Crippen molar-refractivity contribution in [3.63, 3.8) is 0 Å². The van der Waals surface area contributed by atoms with Gasteiger partial charge in [0.05, 0.1) is 24.3 Å². The number of nitrogens with zero attached hydrogens (tertiary/aromatic N) is 6. The van der Waals surface area contributed by atoms with Gasteiger partial charge in [-0.3, -0.25) is 0 Å². The molecule has 0 aliphatic carbocycles. The summed E-state index contributed by atoms with van der Waals surface area (Å²) in [7, 11) is -26.9. The van der Waals surface area contributed by atoms with E-state index in [4.69, 9.17) is 21.0 Å². The topological polar surface area (TPSA) is 260 Å². The van der Waals surface area contributed by atoms with Crippen molar-refractivity contribution in [2.45, 2.75) is 49.7 Å². The standard InChI is InChI=1S/2C2F6NO4S2.4C2H3N.Cu/c2*3-1(4,5)14(10,11)9-15(12,13)2(6,7)8;4*1-2-3;/h;;4*1H3;/q2*-1;;;;;+2. The van der Waals surface area contributed by atoms with E-state index in [1.807, 2.05) is 0 Å². The zero-order chi connectivity index (χ0) is 36.2. The first-order chi connectivity index (χ1) is 18.1. The van der Waals surface area contributed by atoms with E-state index in [0.717, 1.165) is 8.25 Å². The van der Waals surface area contributed by atoms with Crippen LogP contribution in [0.1, 0.15) is 27.7 Å². The van der Waals surface area contributed by atoms with Crippen LogP contribution in [0.5, 0.6) is 0 Å².